The van der Waals surface area contributed by atoms with Gasteiger partial charge in [0, 0.05) is 17.8 Å². The van der Waals surface area contributed by atoms with Crippen LogP contribution < -0.4 is 4.18 Å². The van der Waals surface area contributed by atoms with Crippen molar-refractivity contribution in [3.8, 4) is 5.75 Å². The van der Waals surface area contributed by atoms with Crippen molar-refractivity contribution in [3.63, 3.8) is 0 Å². The fraction of sp³-hybridized carbons (Fsp3) is 0. The Kier molecular flexibility index (Phi) is 2.90. The van der Waals surface area contributed by atoms with Crippen molar-refractivity contribution >= 4 is 21.2 Å². The Labute approximate surface area is 114 Å². The van der Waals surface area contributed by atoms with Gasteiger partial charge < -0.3 is 9.17 Å². The summed E-state index contributed by atoms with van der Waals surface area (Å²) in [5.41, 5.74) is 0.453. The van der Waals surface area contributed by atoms with Gasteiger partial charge in [-0.15, -0.1) is 0 Å². The van der Waals surface area contributed by atoms with Crippen LogP contribution in [0.25, 0.3) is 11.0 Å². The number of rotatable bonds is 3. The highest BCUT2D eigenvalue weighted by atomic mass is 32.2. The van der Waals surface area contributed by atoms with Gasteiger partial charge >= 0.3 is 10.1 Å². The van der Waals surface area contributed by atoms with E-state index in [0.717, 1.165) is 12.1 Å². The average Bonchev–Trinajstić information content (AvgIpc) is 2.86. The highest BCUT2D eigenvalue weighted by molar-refractivity contribution is 7.87. The maximum atomic E-state index is 12.8. The van der Waals surface area contributed by atoms with E-state index in [-0.39, 0.29) is 10.6 Å². The highest BCUT2D eigenvalue weighted by Crippen LogP contribution is 2.24. The minimum absolute atomic E-state index is 0.00933. The molecule has 0 aliphatic rings. The lowest BCUT2D eigenvalue weighted by molar-refractivity contribution is 0.486. The molecule has 3 aromatic rings. The molecule has 1 aromatic carbocycles. The van der Waals surface area contributed by atoms with Crippen LogP contribution in [0.2, 0.25) is 0 Å². The van der Waals surface area contributed by atoms with Crippen LogP contribution in [0, 0.1) is 5.82 Å². The van der Waals surface area contributed by atoms with E-state index < -0.39 is 15.9 Å². The van der Waals surface area contributed by atoms with Crippen molar-refractivity contribution in [2.75, 3.05) is 0 Å². The van der Waals surface area contributed by atoms with Gasteiger partial charge in [0.2, 0.25) is 0 Å². The summed E-state index contributed by atoms with van der Waals surface area (Å²) < 4.78 is 42.1. The molecule has 5 nitrogen and oxygen atoms in total. The van der Waals surface area contributed by atoms with E-state index in [1.807, 2.05) is 0 Å². The van der Waals surface area contributed by atoms with Gasteiger partial charge in [-0.05, 0) is 36.4 Å². The third kappa shape index (κ3) is 2.23. The molecule has 0 unspecified atom stereocenters. The van der Waals surface area contributed by atoms with Crippen molar-refractivity contribution in [2.24, 2.45) is 0 Å². The normalized spacial score (nSPS) is 11.7. The molecule has 20 heavy (non-hydrogen) atoms. The van der Waals surface area contributed by atoms with Crippen molar-refractivity contribution in [1.82, 2.24) is 9.97 Å². The Bertz CT molecular complexity index is 857. The zero-order valence-electron chi connectivity index (χ0n) is 10.1. The lowest BCUT2D eigenvalue weighted by atomic mass is 10.3. The molecule has 0 aliphatic heterocycles. The minimum atomic E-state index is -4.00. The number of halogens is 1. The van der Waals surface area contributed by atoms with Crippen LogP contribution in [0.15, 0.2) is 53.7 Å². The summed E-state index contributed by atoms with van der Waals surface area (Å²) in [7, 11) is -4.00. The second-order valence-corrected chi connectivity index (χ2v) is 5.56. The Morgan fingerprint density at radius 2 is 1.90 bits per heavy atom. The SMILES string of the molecule is O=S(=O)(Oc1ccc(F)cc1)c1c[nH]c2ncccc12. The second kappa shape index (κ2) is 4.61. The fourth-order valence-corrected chi connectivity index (χ4v) is 2.89. The molecule has 2 aromatic heterocycles. The van der Waals surface area contributed by atoms with E-state index >= 15 is 0 Å². The topological polar surface area (TPSA) is 72.1 Å². The van der Waals surface area contributed by atoms with Gasteiger partial charge in [0.05, 0.1) is 0 Å². The summed E-state index contributed by atoms with van der Waals surface area (Å²) in [6, 6.07) is 8.01. The largest absolute Gasteiger partial charge is 0.379 e. The summed E-state index contributed by atoms with van der Waals surface area (Å²) in [5.74, 6) is -0.421. The predicted molar refractivity (Wildman–Crippen MR) is 70.3 cm³/mol. The van der Waals surface area contributed by atoms with E-state index in [2.05, 4.69) is 9.97 Å². The molecule has 0 saturated heterocycles. The molecule has 0 atom stereocenters. The van der Waals surface area contributed by atoms with Crippen LogP contribution in [-0.4, -0.2) is 18.4 Å². The molecule has 0 aliphatic carbocycles. The summed E-state index contributed by atoms with van der Waals surface area (Å²) in [6.45, 7) is 0. The van der Waals surface area contributed by atoms with E-state index in [0.29, 0.717) is 11.0 Å². The number of nitrogens with one attached hydrogen (secondary N) is 1. The van der Waals surface area contributed by atoms with Gasteiger partial charge in [0.25, 0.3) is 0 Å². The first-order valence-corrected chi connectivity index (χ1v) is 7.09. The average molecular weight is 292 g/mol. The molecule has 0 radical (unpaired) electrons. The molecule has 1 N–H and O–H groups in total. The Morgan fingerprint density at radius 1 is 1.15 bits per heavy atom. The number of hydrogen-bond acceptors (Lipinski definition) is 4. The van der Waals surface area contributed by atoms with Crippen LogP contribution in [0.5, 0.6) is 5.75 Å². The van der Waals surface area contributed by atoms with Gasteiger partial charge in [0.1, 0.15) is 22.1 Å². The van der Waals surface area contributed by atoms with E-state index in [1.54, 1.807) is 18.3 Å². The smallest absolute Gasteiger partial charge is 0.341 e. The van der Waals surface area contributed by atoms with Gasteiger partial charge in [-0.3, -0.25) is 0 Å². The van der Waals surface area contributed by atoms with Crippen molar-refractivity contribution in [1.29, 1.82) is 0 Å². The van der Waals surface area contributed by atoms with Crippen molar-refractivity contribution in [3.05, 3.63) is 54.6 Å². The van der Waals surface area contributed by atoms with Gasteiger partial charge in [-0.25, -0.2) is 9.37 Å². The maximum Gasteiger partial charge on any atom is 0.341 e. The molecule has 0 spiro atoms. The monoisotopic (exact) mass is 292 g/mol. The molecule has 0 fully saturated rings. The molecule has 2 heterocycles. The maximum absolute atomic E-state index is 12.8. The van der Waals surface area contributed by atoms with Crippen LogP contribution >= 0.6 is 0 Å². The molecule has 102 valence electrons. The number of H-pyrrole nitrogens is 1. The Morgan fingerprint density at radius 3 is 2.65 bits per heavy atom. The molecule has 0 saturated carbocycles. The van der Waals surface area contributed by atoms with Gasteiger partial charge in [-0.2, -0.15) is 8.42 Å². The highest BCUT2D eigenvalue weighted by Gasteiger charge is 2.21. The summed E-state index contributed by atoms with van der Waals surface area (Å²) >= 11 is 0. The van der Waals surface area contributed by atoms with E-state index in [1.165, 1.54) is 18.3 Å². The molecular formula is C13H9FN2O3S. The molecule has 7 heteroatoms. The fourth-order valence-electron chi connectivity index (χ4n) is 1.80. The minimum Gasteiger partial charge on any atom is -0.379 e. The summed E-state index contributed by atoms with van der Waals surface area (Å²) in [4.78, 5) is 6.76. The number of nitrogens with zero attached hydrogens (tertiary/aromatic N) is 1. The van der Waals surface area contributed by atoms with E-state index in [9.17, 15) is 12.8 Å². The lowest BCUT2D eigenvalue weighted by Crippen LogP contribution is -2.09. The standard InChI is InChI=1S/C13H9FN2O3S/c14-9-3-5-10(6-4-9)19-20(17,18)12-8-16-13-11(12)2-1-7-15-13/h1-8H,(H,15,16). The zero-order valence-corrected chi connectivity index (χ0v) is 10.9. The number of hydrogen-bond donors (Lipinski definition) is 1. The summed E-state index contributed by atoms with van der Waals surface area (Å²) in [5, 5.41) is 0.439. The van der Waals surface area contributed by atoms with Crippen molar-refractivity contribution < 1.29 is 17.0 Å². The van der Waals surface area contributed by atoms with E-state index in [4.69, 9.17) is 4.18 Å². The lowest BCUT2D eigenvalue weighted by Gasteiger charge is -2.05. The van der Waals surface area contributed by atoms with Crippen molar-refractivity contribution in [2.45, 2.75) is 4.90 Å². The van der Waals surface area contributed by atoms with Gasteiger partial charge in [-0.1, -0.05) is 0 Å². The second-order valence-electron chi connectivity index (χ2n) is 4.04. The Balaban J connectivity index is 2.01. The third-order valence-corrected chi connectivity index (χ3v) is 3.99. The number of pyridine rings is 1. The molecule has 0 bridgehead atoms. The van der Waals surface area contributed by atoms with Crippen LogP contribution in [0.3, 0.4) is 0 Å². The van der Waals surface area contributed by atoms with Crippen LogP contribution in [0.4, 0.5) is 4.39 Å². The molecule has 3 rings (SSSR count). The predicted octanol–water partition coefficient (Wildman–Crippen LogP) is 2.47. The number of fused-ring (bicyclic) bond motifs is 1. The number of aromatic amines is 1. The number of aromatic nitrogens is 2. The third-order valence-electron chi connectivity index (χ3n) is 2.70. The van der Waals surface area contributed by atoms with Crippen LogP contribution in [0.1, 0.15) is 0 Å². The van der Waals surface area contributed by atoms with Crippen LogP contribution in [-0.2, 0) is 10.1 Å². The zero-order chi connectivity index (χ0) is 14.2. The quantitative estimate of drug-likeness (QED) is 0.753. The molecule has 0 amide bonds. The first-order chi connectivity index (χ1) is 9.56. The Hall–Kier alpha value is -2.41. The first-order valence-electron chi connectivity index (χ1n) is 5.68. The first kappa shape index (κ1) is 12.6. The summed E-state index contributed by atoms with van der Waals surface area (Å²) in [6.07, 6.45) is 2.87. The number of benzene rings is 1. The molecular weight excluding hydrogens is 283 g/mol. The van der Waals surface area contributed by atoms with Gasteiger partial charge in [0.15, 0.2) is 0 Å².